The Labute approximate surface area is 167 Å². The topological polar surface area (TPSA) is 70.1 Å². The van der Waals surface area contributed by atoms with Crippen molar-refractivity contribution in [3.63, 3.8) is 0 Å². The number of phenols is 1. The molecule has 0 bridgehead atoms. The molecule has 3 heterocycles. The molecule has 0 aromatic heterocycles. The van der Waals surface area contributed by atoms with E-state index in [0.717, 1.165) is 5.56 Å². The third kappa shape index (κ3) is 2.80. The summed E-state index contributed by atoms with van der Waals surface area (Å²) in [6.45, 7) is 0.986. The van der Waals surface area contributed by atoms with Crippen LogP contribution in [0.5, 0.6) is 5.75 Å². The van der Waals surface area contributed by atoms with E-state index in [1.807, 2.05) is 30.3 Å². The van der Waals surface area contributed by atoms with Crippen LogP contribution in [0.15, 0.2) is 48.5 Å². The molecule has 3 aliphatic heterocycles. The van der Waals surface area contributed by atoms with Crippen molar-refractivity contribution in [2.24, 2.45) is 0 Å². The smallest absolute Gasteiger partial charge is 0.227 e. The average Bonchev–Trinajstić information content (AvgIpc) is 3.34. The molecule has 1 N–H and O–H groups in total. The average molecular weight is 396 g/mol. The van der Waals surface area contributed by atoms with E-state index in [9.17, 15) is 19.1 Å². The monoisotopic (exact) mass is 396 g/mol. The quantitative estimate of drug-likeness (QED) is 0.865. The first-order valence-corrected chi connectivity index (χ1v) is 9.78. The van der Waals surface area contributed by atoms with Gasteiger partial charge in [-0.1, -0.05) is 36.4 Å². The number of aromatic hydroxyl groups is 1. The number of phenolic OH excluding ortho intramolecular Hbond substituents is 1. The van der Waals surface area contributed by atoms with Gasteiger partial charge in [-0.3, -0.25) is 9.59 Å². The molecule has 7 heteroatoms. The Morgan fingerprint density at radius 2 is 2.03 bits per heavy atom. The SMILES string of the molecule is O=C(Cc1ccc(O)c(F)c1)N1CC[C@@]23O[C@@H](c4ccccc4)CN2C(=O)C[C@@H]13. The predicted octanol–water partition coefficient (Wildman–Crippen LogP) is 2.37. The van der Waals surface area contributed by atoms with Crippen molar-refractivity contribution >= 4 is 11.8 Å². The van der Waals surface area contributed by atoms with Crippen molar-refractivity contribution in [1.29, 1.82) is 0 Å². The maximum absolute atomic E-state index is 13.6. The maximum Gasteiger partial charge on any atom is 0.227 e. The van der Waals surface area contributed by atoms with E-state index in [-0.39, 0.29) is 36.8 Å². The van der Waals surface area contributed by atoms with Crippen LogP contribution in [0.3, 0.4) is 0 Å². The molecule has 3 fully saturated rings. The third-order valence-electron chi connectivity index (χ3n) is 6.29. The fourth-order valence-corrected chi connectivity index (χ4v) is 4.90. The van der Waals surface area contributed by atoms with Crippen molar-refractivity contribution in [2.75, 3.05) is 13.1 Å². The van der Waals surface area contributed by atoms with Gasteiger partial charge in [-0.2, -0.15) is 0 Å². The van der Waals surface area contributed by atoms with Crippen molar-refractivity contribution in [2.45, 2.75) is 37.1 Å². The van der Waals surface area contributed by atoms with Crippen molar-refractivity contribution in [1.82, 2.24) is 9.80 Å². The standard InChI is InChI=1S/C22H21FN2O4/c23-16-10-14(6-7-17(16)26)11-20(27)24-9-8-22-19(24)12-21(28)25(22)13-18(29-22)15-4-2-1-3-5-15/h1-7,10,18-19,26H,8-9,11-13H2/t18-,19-,22+/m1/s1. The van der Waals surface area contributed by atoms with E-state index >= 15 is 0 Å². The van der Waals surface area contributed by atoms with Gasteiger partial charge in [0.25, 0.3) is 0 Å². The van der Waals surface area contributed by atoms with Gasteiger partial charge >= 0.3 is 0 Å². The summed E-state index contributed by atoms with van der Waals surface area (Å²) in [5, 5.41) is 9.33. The molecule has 150 valence electrons. The molecule has 1 spiro atoms. The van der Waals surface area contributed by atoms with E-state index in [0.29, 0.717) is 25.1 Å². The molecular weight excluding hydrogens is 375 g/mol. The molecule has 2 aromatic rings. The Balaban J connectivity index is 1.37. The summed E-state index contributed by atoms with van der Waals surface area (Å²) in [7, 11) is 0. The summed E-state index contributed by atoms with van der Waals surface area (Å²) in [6.07, 6.45) is 0.629. The number of nitrogens with zero attached hydrogens (tertiary/aromatic N) is 2. The molecule has 0 aliphatic carbocycles. The fraction of sp³-hybridized carbons (Fsp3) is 0.364. The molecule has 0 unspecified atom stereocenters. The van der Waals surface area contributed by atoms with Crippen LogP contribution in [-0.4, -0.2) is 51.6 Å². The molecule has 29 heavy (non-hydrogen) atoms. The number of benzene rings is 2. The minimum atomic E-state index is -0.770. The number of carbonyl (C=O) groups is 2. The van der Waals surface area contributed by atoms with E-state index in [1.165, 1.54) is 18.2 Å². The molecule has 0 saturated carbocycles. The van der Waals surface area contributed by atoms with Gasteiger partial charge in [-0.05, 0) is 23.3 Å². The number of hydrogen-bond donors (Lipinski definition) is 1. The number of amides is 2. The maximum atomic E-state index is 13.6. The second kappa shape index (κ2) is 6.56. The van der Waals surface area contributed by atoms with Crippen molar-refractivity contribution in [3.8, 4) is 5.75 Å². The number of likely N-dealkylation sites (tertiary alicyclic amines) is 1. The van der Waals surface area contributed by atoms with Crippen LogP contribution >= 0.6 is 0 Å². The lowest BCUT2D eigenvalue weighted by atomic mass is 10.1. The number of hydrogen-bond acceptors (Lipinski definition) is 4. The summed E-state index contributed by atoms with van der Waals surface area (Å²) >= 11 is 0. The second-order valence-electron chi connectivity index (χ2n) is 7.89. The van der Waals surface area contributed by atoms with Crippen molar-refractivity contribution in [3.05, 3.63) is 65.5 Å². The summed E-state index contributed by atoms with van der Waals surface area (Å²) < 4.78 is 20.0. The Kier molecular flexibility index (Phi) is 4.10. The lowest BCUT2D eigenvalue weighted by Gasteiger charge is -2.32. The predicted molar refractivity (Wildman–Crippen MR) is 101 cm³/mol. The summed E-state index contributed by atoms with van der Waals surface area (Å²) in [6, 6.07) is 13.4. The highest BCUT2D eigenvalue weighted by Gasteiger charge is 2.64. The molecule has 0 radical (unpaired) electrons. The van der Waals surface area contributed by atoms with E-state index in [4.69, 9.17) is 4.74 Å². The Morgan fingerprint density at radius 1 is 1.24 bits per heavy atom. The summed E-state index contributed by atoms with van der Waals surface area (Å²) in [5.74, 6) is -1.36. The highest BCUT2D eigenvalue weighted by Crippen LogP contribution is 2.50. The molecule has 2 amide bonds. The number of carbonyl (C=O) groups excluding carboxylic acids is 2. The number of halogens is 1. The molecule has 3 aliphatic rings. The zero-order valence-electron chi connectivity index (χ0n) is 15.8. The summed E-state index contributed by atoms with van der Waals surface area (Å²) in [5.41, 5.74) is 0.738. The van der Waals surface area contributed by atoms with Crippen LogP contribution in [0.25, 0.3) is 0 Å². The first-order chi connectivity index (χ1) is 14.0. The van der Waals surface area contributed by atoms with Gasteiger partial charge in [0.15, 0.2) is 17.3 Å². The normalized spacial score (nSPS) is 28.0. The van der Waals surface area contributed by atoms with Gasteiger partial charge in [0.05, 0.1) is 25.4 Å². The van der Waals surface area contributed by atoms with Crippen LogP contribution in [0.4, 0.5) is 4.39 Å². The first kappa shape index (κ1) is 18.1. The third-order valence-corrected chi connectivity index (χ3v) is 6.29. The van der Waals surface area contributed by atoms with E-state index < -0.39 is 17.3 Å². The highest BCUT2D eigenvalue weighted by molar-refractivity contribution is 5.85. The largest absolute Gasteiger partial charge is 0.505 e. The van der Waals surface area contributed by atoms with Crippen molar-refractivity contribution < 1.29 is 23.8 Å². The van der Waals surface area contributed by atoms with Crippen LogP contribution in [0.2, 0.25) is 0 Å². The Hall–Kier alpha value is -2.93. The van der Waals surface area contributed by atoms with Gasteiger partial charge in [0, 0.05) is 13.0 Å². The Morgan fingerprint density at radius 3 is 2.79 bits per heavy atom. The van der Waals surface area contributed by atoms with E-state index in [2.05, 4.69) is 0 Å². The summed E-state index contributed by atoms with van der Waals surface area (Å²) in [4.78, 5) is 29.1. The minimum Gasteiger partial charge on any atom is -0.505 e. The minimum absolute atomic E-state index is 0.00149. The highest BCUT2D eigenvalue weighted by atomic mass is 19.1. The van der Waals surface area contributed by atoms with Gasteiger partial charge < -0.3 is 19.6 Å². The van der Waals surface area contributed by atoms with Crippen LogP contribution in [0, 0.1) is 5.82 Å². The lowest BCUT2D eigenvalue weighted by Crippen LogP contribution is -2.49. The zero-order chi connectivity index (χ0) is 20.2. The molecule has 3 atom stereocenters. The van der Waals surface area contributed by atoms with Gasteiger partial charge in [-0.15, -0.1) is 0 Å². The number of ether oxygens (including phenoxy) is 1. The fourth-order valence-electron chi connectivity index (χ4n) is 4.90. The first-order valence-electron chi connectivity index (χ1n) is 9.78. The van der Waals surface area contributed by atoms with Crippen LogP contribution < -0.4 is 0 Å². The van der Waals surface area contributed by atoms with Crippen LogP contribution in [0.1, 0.15) is 30.1 Å². The van der Waals surface area contributed by atoms with Gasteiger partial charge in [0.2, 0.25) is 11.8 Å². The second-order valence-corrected chi connectivity index (χ2v) is 7.89. The Bertz CT molecular complexity index is 982. The molecule has 3 saturated heterocycles. The molecular formula is C22H21FN2O4. The van der Waals surface area contributed by atoms with E-state index in [1.54, 1.807) is 9.80 Å². The lowest BCUT2D eigenvalue weighted by molar-refractivity contribution is -0.142. The molecule has 2 aromatic carbocycles. The van der Waals surface area contributed by atoms with Gasteiger partial charge in [0.1, 0.15) is 6.10 Å². The van der Waals surface area contributed by atoms with Gasteiger partial charge in [-0.25, -0.2) is 4.39 Å². The number of rotatable bonds is 3. The molecule has 5 rings (SSSR count). The van der Waals surface area contributed by atoms with Crippen LogP contribution in [-0.2, 0) is 20.7 Å². The molecule has 6 nitrogen and oxygen atoms in total. The zero-order valence-corrected chi connectivity index (χ0v) is 15.8.